The topological polar surface area (TPSA) is 75.7 Å². The fourth-order valence-corrected chi connectivity index (χ4v) is 4.54. The number of amides is 2. The average Bonchev–Trinajstić information content (AvgIpc) is 2.78. The maximum Gasteiger partial charge on any atom is 0.325 e. The Kier molecular flexibility index (Phi) is 8.08. The van der Waals surface area contributed by atoms with Gasteiger partial charge in [-0.05, 0) is 37.8 Å². The number of hydrogen-bond acceptors (Lipinski definition) is 4. The standard InChI is InChI=1S/C23H32N2O4/c26-21(17-29-22(27)16-24-23(28)18-10-4-1-5-11-18)25(19-12-6-2-7-13-19)20-14-8-3-9-15-20/h1,4-5,10-11,19-20H,2-3,6-9,12-17H2,(H,24,28). The van der Waals surface area contributed by atoms with Gasteiger partial charge in [-0.3, -0.25) is 14.4 Å². The van der Waals surface area contributed by atoms with Crippen LogP contribution in [0.2, 0.25) is 0 Å². The van der Waals surface area contributed by atoms with Gasteiger partial charge in [0.1, 0.15) is 6.54 Å². The fraction of sp³-hybridized carbons (Fsp3) is 0.609. The van der Waals surface area contributed by atoms with E-state index in [1.165, 1.54) is 12.8 Å². The Morgan fingerprint density at radius 2 is 1.41 bits per heavy atom. The molecule has 0 aromatic heterocycles. The predicted octanol–water partition coefficient (Wildman–Crippen LogP) is 3.45. The van der Waals surface area contributed by atoms with Crippen molar-refractivity contribution in [3.05, 3.63) is 35.9 Å². The highest BCUT2D eigenvalue weighted by Gasteiger charge is 2.32. The summed E-state index contributed by atoms with van der Waals surface area (Å²) in [6.45, 7) is -0.485. The van der Waals surface area contributed by atoms with Gasteiger partial charge in [-0.15, -0.1) is 0 Å². The molecule has 0 spiro atoms. The van der Waals surface area contributed by atoms with E-state index in [1.807, 2.05) is 11.0 Å². The monoisotopic (exact) mass is 400 g/mol. The van der Waals surface area contributed by atoms with Crippen molar-refractivity contribution in [2.24, 2.45) is 0 Å². The number of hydrogen-bond donors (Lipinski definition) is 1. The minimum absolute atomic E-state index is 0.0912. The molecule has 0 aliphatic heterocycles. The van der Waals surface area contributed by atoms with Gasteiger partial charge in [0.05, 0.1) is 0 Å². The lowest BCUT2D eigenvalue weighted by Gasteiger charge is -2.41. The van der Waals surface area contributed by atoms with Gasteiger partial charge in [0.25, 0.3) is 11.8 Å². The van der Waals surface area contributed by atoms with E-state index in [4.69, 9.17) is 4.74 Å². The molecule has 0 heterocycles. The second kappa shape index (κ2) is 11.0. The molecule has 2 aliphatic rings. The molecule has 29 heavy (non-hydrogen) atoms. The van der Waals surface area contributed by atoms with Gasteiger partial charge < -0.3 is 15.0 Å². The molecule has 0 bridgehead atoms. The summed E-state index contributed by atoms with van der Waals surface area (Å²) in [6, 6.07) is 9.24. The van der Waals surface area contributed by atoms with Crippen LogP contribution in [0.15, 0.2) is 30.3 Å². The Morgan fingerprint density at radius 3 is 1.97 bits per heavy atom. The van der Waals surface area contributed by atoms with E-state index in [2.05, 4.69) is 5.32 Å². The lowest BCUT2D eigenvalue weighted by atomic mass is 9.88. The van der Waals surface area contributed by atoms with Crippen molar-refractivity contribution in [2.45, 2.75) is 76.3 Å². The Balaban J connectivity index is 1.49. The number of nitrogens with zero attached hydrogens (tertiary/aromatic N) is 1. The molecule has 6 nitrogen and oxygen atoms in total. The molecule has 0 unspecified atom stereocenters. The van der Waals surface area contributed by atoms with E-state index in [0.29, 0.717) is 5.56 Å². The molecule has 0 saturated heterocycles. The predicted molar refractivity (Wildman–Crippen MR) is 110 cm³/mol. The summed E-state index contributed by atoms with van der Waals surface area (Å²) in [6.07, 6.45) is 11.3. The lowest BCUT2D eigenvalue weighted by molar-refractivity contribution is -0.154. The van der Waals surface area contributed by atoms with Crippen LogP contribution < -0.4 is 5.32 Å². The van der Waals surface area contributed by atoms with Crippen molar-refractivity contribution in [3.63, 3.8) is 0 Å². The van der Waals surface area contributed by atoms with Crippen LogP contribution in [0.4, 0.5) is 0 Å². The Bertz CT molecular complexity index is 661. The van der Waals surface area contributed by atoms with E-state index in [0.717, 1.165) is 51.4 Å². The van der Waals surface area contributed by atoms with Crippen LogP contribution in [0.3, 0.4) is 0 Å². The van der Waals surface area contributed by atoms with Crippen LogP contribution in [0, 0.1) is 0 Å². The first-order valence-corrected chi connectivity index (χ1v) is 10.9. The fourth-order valence-electron chi connectivity index (χ4n) is 4.54. The van der Waals surface area contributed by atoms with Crippen molar-refractivity contribution < 1.29 is 19.1 Å². The van der Waals surface area contributed by atoms with Gasteiger partial charge in [0.2, 0.25) is 0 Å². The zero-order chi connectivity index (χ0) is 20.5. The lowest BCUT2D eigenvalue weighted by Crippen LogP contribution is -2.50. The number of rotatable bonds is 7. The van der Waals surface area contributed by atoms with Gasteiger partial charge in [-0.2, -0.15) is 0 Å². The summed E-state index contributed by atoms with van der Waals surface area (Å²) in [5, 5.41) is 2.54. The van der Waals surface area contributed by atoms with Crippen LogP contribution in [0.5, 0.6) is 0 Å². The molecule has 2 aliphatic carbocycles. The average molecular weight is 401 g/mol. The van der Waals surface area contributed by atoms with E-state index < -0.39 is 5.97 Å². The van der Waals surface area contributed by atoms with E-state index in [9.17, 15) is 14.4 Å². The zero-order valence-electron chi connectivity index (χ0n) is 17.1. The first kappa shape index (κ1) is 21.3. The molecule has 0 atom stereocenters. The maximum absolute atomic E-state index is 13.0. The molecule has 0 radical (unpaired) electrons. The number of benzene rings is 1. The highest BCUT2D eigenvalue weighted by molar-refractivity contribution is 5.96. The summed E-state index contributed by atoms with van der Waals surface area (Å²) in [4.78, 5) is 39.1. The Hall–Kier alpha value is -2.37. The van der Waals surface area contributed by atoms with Crippen LogP contribution in [-0.4, -0.2) is 47.9 Å². The number of ether oxygens (including phenoxy) is 1. The second-order valence-electron chi connectivity index (χ2n) is 8.09. The van der Waals surface area contributed by atoms with Gasteiger partial charge in [0.15, 0.2) is 6.61 Å². The molecule has 2 fully saturated rings. The Morgan fingerprint density at radius 1 is 0.862 bits per heavy atom. The van der Waals surface area contributed by atoms with Crippen molar-refractivity contribution in [2.75, 3.05) is 13.2 Å². The number of carbonyl (C=O) groups is 3. The molecule has 2 amide bonds. The van der Waals surface area contributed by atoms with Crippen molar-refractivity contribution in [1.82, 2.24) is 10.2 Å². The minimum Gasteiger partial charge on any atom is -0.454 e. The van der Waals surface area contributed by atoms with Gasteiger partial charge in [-0.1, -0.05) is 56.7 Å². The third-order valence-corrected chi connectivity index (χ3v) is 6.01. The first-order chi connectivity index (χ1) is 14.1. The quantitative estimate of drug-likeness (QED) is 0.711. The maximum atomic E-state index is 13.0. The highest BCUT2D eigenvalue weighted by Crippen LogP contribution is 2.30. The Labute approximate surface area is 173 Å². The van der Waals surface area contributed by atoms with Crippen LogP contribution in [0.25, 0.3) is 0 Å². The molecule has 6 heteroatoms. The SMILES string of the molecule is O=C(CNC(=O)c1ccccc1)OCC(=O)N(C1CCCCC1)C1CCCCC1. The normalized spacial score (nSPS) is 18.1. The van der Waals surface area contributed by atoms with E-state index in [1.54, 1.807) is 24.3 Å². The summed E-state index contributed by atoms with van der Waals surface area (Å²) in [5.41, 5.74) is 0.483. The summed E-state index contributed by atoms with van der Waals surface area (Å²) >= 11 is 0. The van der Waals surface area contributed by atoms with Gasteiger partial charge >= 0.3 is 5.97 Å². The molecule has 1 N–H and O–H groups in total. The minimum atomic E-state index is -0.588. The summed E-state index contributed by atoms with van der Waals surface area (Å²) in [7, 11) is 0. The first-order valence-electron chi connectivity index (χ1n) is 10.9. The van der Waals surface area contributed by atoms with Gasteiger partial charge in [0, 0.05) is 17.6 Å². The van der Waals surface area contributed by atoms with Crippen molar-refractivity contribution >= 4 is 17.8 Å². The molecule has 158 valence electrons. The molecular formula is C23H32N2O4. The summed E-state index contributed by atoms with van der Waals surface area (Å²) < 4.78 is 5.21. The van der Waals surface area contributed by atoms with Crippen LogP contribution >= 0.6 is 0 Å². The molecular weight excluding hydrogens is 368 g/mol. The van der Waals surface area contributed by atoms with Crippen LogP contribution in [-0.2, 0) is 14.3 Å². The van der Waals surface area contributed by atoms with E-state index in [-0.39, 0.29) is 37.0 Å². The van der Waals surface area contributed by atoms with Gasteiger partial charge in [-0.25, -0.2) is 0 Å². The smallest absolute Gasteiger partial charge is 0.325 e. The molecule has 1 aromatic carbocycles. The second-order valence-corrected chi connectivity index (χ2v) is 8.09. The van der Waals surface area contributed by atoms with Crippen LogP contribution in [0.1, 0.15) is 74.6 Å². The van der Waals surface area contributed by atoms with Crippen molar-refractivity contribution in [1.29, 1.82) is 0 Å². The highest BCUT2D eigenvalue weighted by atomic mass is 16.5. The largest absolute Gasteiger partial charge is 0.454 e. The van der Waals surface area contributed by atoms with E-state index >= 15 is 0 Å². The number of esters is 1. The third kappa shape index (κ3) is 6.31. The zero-order valence-corrected chi connectivity index (χ0v) is 17.1. The van der Waals surface area contributed by atoms with Crippen molar-refractivity contribution in [3.8, 4) is 0 Å². The molecule has 3 rings (SSSR count). The molecule has 1 aromatic rings. The number of nitrogens with one attached hydrogen (secondary N) is 1. The number of carbonyl (C=O) groups excluding carboxylic acids is 3. The molecule has 2 saturated carbocycles. The third-order valence-electron chi connectivity index (χ3n) is 6.01. The summed E-state index contributed by atoms with van der Waals surface area (Å²) in [5.74, 6) is -1.01.